The Kier molecular flexibility index (Phi) is 23.4. The van der Waals surface area contributed by atoms with Gasteiger partial charge in [-0.05, 0) is 31.6 Å². The third-order valence-corrected chi connectivity index (χ3v) is 9.09. The fourth-order valence-corrected chi connectivity index (χ4v) is 6.22. The Morgan fingerprint density at radius 1 is 0.872 bits per heavy atom. The fourth-order valence-electron chi connectivity index (χ4n) is 5.86. The van der Waals surface area contributed by atoms with Crippen LogP contribution in [-0.4, -0.2) is 69.2 Å². The number of phosphoric acid groups is 1. The van der Waals surface area contributed by atoms with Gasteiger partial charge >= 0.3 is 19.8 Å². The number of rotatable bonds is 28. The van der Waals surface area contributed by atoms with Gasteiger partial charge in [0.2, 0.25) is 0 Å². The van der Waals surface area contributed by atoms with Gasteiger partial charge in [-0.2, -0.15) is 0 Å². The van der Waals surface area contributed by atoms with Gasteiger partial charge in [-0.1, -0.05) is 110 Å². The van der Waals surface area contributed by atoms with E-state index >= 15 is 0 Å². The SMILES string of the molecule is CCCCC[C@H](O)/C=C/[C@H]1[C@H](O)CC(=O)[C@@H]1CCCCCCC(=O)O[C@H](COC(=O)CCCCCCCCC(C)C)COP(=O)(O)O. The zero-order valence-corrected chi connectivity index (χ0v) is 30.0. The Morgan fingerprint density at radius 3 is 2.11 bits per heavy atom. The van der Waals surface area contributed by atoms with Crippen molar-refractivity contribution >= 4 is 25.5 Å². The van der Waals surface area contributed by atoms with E-state index in [9.17, 15) is 29.2 Å². The van der Waals surface area contributed by atoms with Crippen molar-refractivity contribution in [3.8, 4) is 0 Å². The molecule has 4 N–H and O–H groups in total. The molecule has 1 aliphatic carbocycles. The number of aliphatic hydroxyl groups excluding tert-OH is 2. The molecule has 12 heteroatoms. The molecule has 0 saturated heterocycles. The van der Waals surface area contributed by atoms with E-state index in [1.807, 2.05) is 0 Å². The Balaban J connectivity index is 2.36. The highest BCUT2D eigenvalue weighted by molar-refractivity contribution is 7.46. The highest BCUT2D eigenvalue weighted by Crippen LogP contribution is 2.36. The zero-order valence-electron chi connectivity index (χ0n) is 29.1. The topological polar surface area (TPSA) is 177 Å². The first-order chi connectivity index (χ1) is 22.3. The lowest BCUT2D eigenvalue weighted by Gasteiger charge is -2.19. The number of aliphatic hydroxyl groups is 2. The maximum absolute atomic E-state index is 12.5. The molecule has 274 valence electrons. The molecule has 0 bridgehead atoms. The summed E-state index contributed by atoms with van der Waals surface area (Å²) in [5.74, 6) is -0.888. The van der Waals surface area contributed by atoms with Gasteiger partial charge in [0.25, 0.3) is 0 Å². The third kappa shape index (κ3) is 22.6. The lowest BCUT2D eigenvalue weighted by Crippen LogP contribution is -2.29. The third-order valence-electron chi connectivity index (χ3n) is 8.61. The molecular formula is C35H63O11P. The van der Waals surface area contributed by atoms with Crippen molar-refractivity contribution in [3.05, 3.63) is 12.2 Å². The van der Waals surface area contributed by atoms with Crippen molar-refractivity contribution in [1.82, 2.24) is 0 Å². The second kappa shape index (κ2) is 25.4. The van der Waals surface area contributed by atoms with Crippen LogP contribution in [-0.2, 0) is 32.9 Å². The van der Waals surface area contributed by atoms with Crippen molar-refractivity contribution in [1.29, 1.82) is 0 Å². The molecule has 0 aromatic rings. The van der Waals surface area contributed by atoms with Crippen LogP contribution >= 0.6 is 7.82 Å². The average Bonchev–Trinajstić information content (AvgIpc) is 3.27. The van der Waals surface area contributed by atoms with Gasteiger partial charge < -0.3 is 29.5 Å². The number of hydrogen-bond donors (Lipinski definition) is 4. The first-order valence-electron chi connectivity index (χ1n) is 17.9. The highest BCUT2D eigenvalue weighted by atomic mass is 31.2. The number of unbranched alkanes of at least 4 members (excludes halogenated alkanes) is 10. The van der Waals surface area contributed by atoms with E-state index in [-0.39, 0.29) is 43.5 Å². The van der Waals surface area contributed by atoms with Crippen molar-refractivity contribution in [2.75, 3.05) is 13.2 Å². The van der Waals surface area contributed by atoms with Crippen LogP contribution in [0.15, 0.2) is 12.2 Å². The van der Waals surface area contributed by atoms with Gasteiger partial charge in [0.1, 0.15) is 12.4 Å². The Morgan fingerprint density at radius 2 is 1.47 bits per heavy atom. The number of ketones is 1. The van der Waals surface area contributed by atoms with Crippen molar-refractivity contribution in [2.45, 2.75) is 161 Å². The minimum atomic E-state index is -4.81. The average molecular weight is 691 g/mol. The van der Waals surface area contributed by atoms with E-state index in [2.05, 4.69) is 25.3 Å². The van der Waals surface area contributed by atoms with Crippen molar-refractivity contribution in [3.63, 3.8) is 0 Å². The molecule has 0 unspecified atom stereocenters. The van der Waals surface area contributed by atoms with Gasteiger partial charge in [0, 0.05) is 31.1 Å². The van der Waals surface area contributed by atoms with E-state index in [4.69, 9.17) is 19.3 Å². The Bertz CT molecular complexity index is 948. The summed E-state index contributed by atoms with van der Waals surface area (Å²) >= 11 is 0. The summed E-state index contributed by atoms with van der Waals surface area (Å²) < 4.78 is 26.2. The summed E-state index contributed by atoms with van der Waals surface area (Å²) in [4.78, 5) is 55.2. The minimum Gasteiger partial charge on any atom is -0.462 e. The lowest BCUT2D eigenvalue weighted by molar-refractivity contribution is -0.161. The molecule has 1 saturated carbocycles. The highest BCUT2D eigenvalue weighted by Gasteiger charge is 2.39. The smallest absolute Gasteiger partial charge is 0.462 e. The van der Waals surface area contributed by atoms with Crippen LogP contribution in [0, 0.1) is 17.8 Å². The van der Waals surface area contributed by atoms with E-state index < -0.39 is 44.7 Å². The van der Waals surface area contributed by atoms with E-state index in [0.717, 1.165) is 51.4 Å². The van der Waals surface area contributed by atoms with Gasteiger partial charge in [-0.25, -0.2) is 4.57 Å². The first kappa shape index (κ1) is 43.4. The van der Waals surface area contributed by atoms with Crippen molar-refractivity contribution in [2.24, 2.45) is 17.8 Å². The zero-order chi connectivity index (χ0) is 35.1. The molecule has 1 rings (SSSR count). The maximum atomic E-state index is 12.5. The molecule has 0 amide bonds. The molecule has 0 aromatic heterocycles. The predicted molar refractivity (Wildman–Crippen MR) is 180 cm³/mol. The second-order valence-electron chi connectivity index (χ2n) is 13.5. The summed E-state index contributed by atoms with van der Waals surface area (Å²) in [5.41, 5.74) is 0. The van der Waals surface area contributed by atoms with Gasteiger partial charge in [0.05, 0.1) is 18.8 Å². The minimum absolute atomic E-state index is 0.0352. The molecule has 0 aromatic carbocycles. The van der Waals surface area contributed by atoms with Gasteiger partial charge in [-0.3, -0.25) is 18.9 Å². The molecule has 47 heavy (non-hydrogen) atoms. The lowest BCUT2D eigenvalue weighted by atomic mass is 9.88. The Hall–Kier alpha value is -1.62. The molecule has 0 spiro atoms. The second-order valence-corrected chi connectivity index (χ2v) is 14.7. The van der Waals surface area contributed by atoms with E-state index in [1.165, 1.54) is 19.3 Å². The summed E-state index contributed by atoms with van der Waals surface area (Å²) in [6.07, 6.45) is 15.9. The molecule has 0 radical (unpaired) electrons. The fraction of sp³-hybridized carbons (Fsp3) is 0.857. The number of Topliss-reactive ketones (excluding diaryl/α,β-unsaturated/α-hetero) is 1. The normalized spacial score (nSPS) is 19.8. The standard InChI is InChI=1S/C35H63O11P/c1-4-5-12-18-28(36)22-23-31-30(32(37)24-33(31)38)19-14-10-11-16-21-35(40)46-29(26-45-47(41,42)43)25-44-34(39)20-15-9-7-6-8-13-17-27(2)3/h22-23,27-31,33,36,38H,4-21,24-26H2,1-3H3,(H2,41,42,43)/b23-22+/t28-,29+,30+,31+,33+/m0/s1. The number of ether oxygens (including phenoxy) is 2. The molecule has 11 nitrogen and oxygen atoms in total. The van der Waals surface area contributed by atoms with Crippen LogP contribution in [0.3, 0.4) is 0 Å². The molecule has 1 fully saturated rings. The molecular weight excluding hydrogens is 627 g/mol. The van der Waals surface area contributed by atoms with Gasteiger partial charge in [-0.15, -0.1) is 0 Å². The van der Waals surface area contributed by atoms with Crippen molar-refractivity contribution < 1.29 is 52.9 Å². The quantitative estimate of drug-likeness (QED) is 0.0296. The largest absolute Gasteiger partial charge is 0.469 e. The number of carbonyl (C=O) groups is 3. The monoisotopic (exact) mass is 690 g/mol. The van der Waals surface area contributed by atoms with Crippen LogP contribution in [0.5, 0.6) is 0 Å². The summed E-state index contributed by atoms with van der Waals surface area (Å²) in [7, 11) is -4.81. The van der Waals surface area contributed by atoms with Crippen LogP contribution in [0.4, 0.5) is 0 Å². The van der Waals surface area contributed by atoms with Crippen LogP contribution in [0.25, 0.3) is 0 Å². The maximum Gasteiger partial charge on any atom is 0.469 e. The first-order valence-corrected chi connectivity index (χ1v) is 19.5. The predicted octanol–water partition coefficient (Wildman–Crippen LogP) is 6.73. The number of phosphoric ester groups is 1. The van der Waals surface area contributed by atoms with Gasteiger partial charge in [0.15, 0.2) is 6.10 Å². The van der Waals surface area contributed by atoms with Crippen LogP contribution in [0.1, 0.15) is 143 Å². The molecule has 0 heterocycles. The molecule has 0 aliphatic heterocycles. The summed E-state index contributed by atoms with van der Waals surface area (Å²) in [6, 6.07) is 0. The number of hydrogen-bond acceptors (Lipinski definition) is 9. The Labute approximate surface area is 282 Å². The van der Waals surface area contributed by atoms with E-state index in [0.29, 0.717) is 38.0 Å². The van der Waals surface area contributed by atoms with Crippen LogP contribution < -0.4 is 0 Å². The van der Waals surface area contributed by atoms with E-state index in [1.54, 1.807) is 12.2 Å². The number of carbonyl (C=O) groups excluding carboxylic acids is 3. The molecule has 5 atom stereocenters. The summed E-state index contributed by atoms with van der Waals surface area (Å²) in [5, 5.41) is 20.6. The van der Waals surface area contributed by atoms with Crippen LogP contribution in [0.2, 0.25) is 0 Å². The number of esters is 2. The molecule has 1 aliphatic rings. The summed E-state index contributed by atoms with van der Waals surface area (Å²) in [6.45, 7) is 5.57.